The van der Waals surface area contributed by atoms with Crippen LogP contribution in [0.15, 0.2) is 33.9 Å². The molecule has 6 heteroatoms. The number of carbonyl (C=O) groups is 1. The Bertz CT molecular complexity index is 543. The van der Waals surface area contributed by atoms with Crippen molar-refractivity contribution in [1.29, 1.82) is 0 Å². The Morgan fingerprint density at radius 1 is 1.60 bits per heavy atom. The van der Waals surface area contributed by atoms with E-state index in [1.165, 1.54) is 0 Å². The fraction of sp³-hybridized carbons (Fsp3) is 0.429. The summed E-state index contributed by atoms with van der Waals surface area (Å²) in [6.07, 6.45) is -0.223. The van der Waals surface area contributed by atoms with Crippen molar-refractivity contribution in [1.82, 2.24) is 5.32 Å². The molecule has 0 saturated carbocycles. The van der Waals surface area contributed by atoms with E-state index in [-0.39, 0.29) is 12.5 Å². The topological polar surface area (TPSA) is 70.9 Å². The maximum absolute atomic E-state index is 12.0. The summed E-state index contributed by atoms with van der Waals surface area (Å²) in [5.41, 5.74) is 1.00. The van der Waals surface area contributed by atoms with Crippen molar-refractivity contribution < 1.29 is 14.7 Å². The monoisotopic (exact) mass is 340 g/mol. The molecule has 1 aromatic carbocycles. The van der Waals surface area contributed by atoms with Crippen LogP contribution in [0.5, 0.6) is 0 Å². The Balaban J connectivity index is 2.00. The minimum Gasteiger partial charge on any atom is -0.394 e. The second-order valence-electron chi connectivity index (χ2n) is 5.38. The van der Waals surface area contributed by atoms with Gasteiger partial charge in [0.05, 0.1) is 17.9 Å². The molecule has 0 aliphatic carbocycles. The second-order valence-corrected chi connectivity index (χ2v) is 6.29. The summed E-state index contributed by atoms with van der Waals surface area (Å²) in [7, 11) is 0. The number of hydrogen-bond acceptors (Lipinski definition) is 4. The zero-order chi connectivity index (χ0) is 14.8. The first-order chi connectivity index (χ1) is 9.41. The normalized spacial score (nSPS) is 18.4. The highest BCUT2D eigenvalue weighted by molar-refractivity contribution is 9.10. The fourth-order valence-electron chi connectivity index (χ4n) is 1.81. The quantitative estimate of drug-likeness (QED) is 0.878. The van der Waals surface area contributed by atoms with Crippen molar-refractivity contribution >= 4 is 27.5 Å². The van der Waals surface area contributed by atoms with E-state index >= 15 is 0 Å². The fourth-order valence-corrected chi connectivity index (χ4v) is 2.21. The highest BCUT2D eigenvalue weighted by Gasteiger charge is 2.32. The third-order valence-electron chi connectivity index (χ3n) is 2.98. The van der Waals surface area contributed by atoms with Crippen LogP contribution in [0.2, 0.25) is 0 Å². The van der Waals surface area contributed by atoms with Crippen LogP contribution in [0.3, 0.4) is 0 Å². The van der Waals surface area contributed by atoms with Gasteiger partial charge in [-0.3, -0.25) is 4.79 Å². The maximum atomic E-state index is 12.0. The van der Waals surface area contributed by atoms with Crippen LogP contribution in [0.25, 0.3) is 0 Å². The molecular formula is C14H17BrN2O3. The van der Waals surface area contributed by atoms with Gasteiger partial charge in [-0.1, -0.05) is 33.2 Å². The van der Waals surface area contributed by atoms with Crippen molar-refractivity contribution in [3.63, 3.8) is 0 Å². The zero-order valence-corrected chi connectivity index (χ0v) is 13.0. The van der Waals surface area contributed by atoms with Gasteiger partial charge in [-0.25, -0.2) is 0 Å². The number of aliphatic hydroxyl groups excluding tert-OH is 1. The van der Waals surface area contributed by atoms with Gasteiger partial charge in [-0.05, 0) is 26.0 Å². The molecule has 0 radical (unpaired) electrons. The number of carbonyl (C=O) groups excluding carboxylic acids is 1. The lowest BCUT2D eigenvalue weighted by Crippen LogP contribution is -2.50. The Labute approximate surface area is 126 Å². The van der Waals surface area contributed by atoms with Crippen molar-refractivity contribution in [3.05, 3.63) is 34.3 Å². The molecule has 0 aromatic heterocycles. The van der Waals surface area contributed by atoms with Crippen LogP contribution >= 0.6 is 15.9 Å². The molecule has 5 nitrogen and oxygen atoms in total. The Morgan fingerprint density at radius 3 is 3.00 bits per heavy atom. The van der Waals surface area contributed by atoms with Gasteiger partial charge in [0.15, 0.2) is 0 Å². The molecule has 2 rings (SSSR count). The molecule has 0 fully saturated rings. The summed E-state index contributed by atoms with van der Waals surface area (Å²) in [4.78, 5) is 17.2. The molecule has 1 aliphatic rings. The zero-order valence-electron chi connectivity index (χ0n) is 11.4. The minimum absolute atomic E-state index is 0.134. The smallest absolute Gasteiger partial charge is 0.264 e. The molecule has 0 unspecified atom stereocenters. The summed E-state index contributed by atoms with van der Waals surface area (Å²) >= 11 is 3.40. The number of oxime groups is 1. The number of amides is 1. The summed E-state index contributed by atoms with van der Waals surface area (Å²) in [5, 5.41) is 15.9. The molecule has 0 spiro atoms. The molecule has 0 bridgehead atoms. The van der Waals surface area contributed by atoms with Gasteiger partial charge in [0.25, 0.3) is 5.91 Å². The number of halogens is 1. The van der Waals surface area contributed by atoms with E-state index in [0.717, 1.165) is 15.7 Å². The average molecular weight is 341 g/mol. The molecule has 1 aromatic rings. The number of hydrogen-bond donors (Lipinski definition) is 2. The van der Waals surface area contributed by atoms with Crippen molar-refractivity contribution in [2.75, 3.05) is 6.61 Å². The molecule has 1 amide bonds. The third-order valence-corrected chi connectivity index (χ3v) is 3.47. The number of aliphatic hydroxyl groups is 1. The van der Waals surface area contributed by atoms with Crippen LogP contribution < -0.4 is 5.32 Å². The van der Waals surface area contributed by atoms with E-state index in [4.69, 9.17) is 9.94 Å². The van der Waals surface area contributed by atoms with Crippen molar-refractivity contribution in [2.24, 2.45) is 5.16 Å². The van der Waals surface area contributed by atoms with E-state index < -0.39 is 11.6 Å². The Morgan fingerprint density at radius 2 is 2.35 bits per heavy atom. The predicted molar refractivity (Wildman–Crippen MR) is 79.5 cm³/mol. The lowest BCUT2D eigenvalue weighted by molar-refractivity contribution is -0.133. The number of nitrogens with one attached hydrogen (secondary N) is 1. The van der Waals surface area contributed by atoms with E-state index in [2.05, 4.69) is 26.4 Å². The molecule has 1 aliphatic heterocycles. The SMILES string of the molecule is CC(C)(CO)NC(=O)[C@@H]1CC(c2cccc(Br)c2)=NO1. The molecule has 108 valence electrons. The molecule has 1 heterocycles. The highest BCUT2D eigenvalue weighted by Crippen LogP contribution is 2.20. The number of benzene rings is 1. The lowest BCUT2D eigenvalue weighted by atomic mass is 10.0. The van der Waals surface area contributed by atoms with Gasteiger partial charge >= 0.3 is 0 Å². The summed E-state index contributed by atoms with van der Waals surface area (Å²) in [6, 6.07) is 7.68. The lowest BCUT2D eigenvalue weighted by Gasteiger charge is -2.24. The summed E-state index contributed by atoms with van der Waals surface area (Å²) in [6.45, 7) is 3.36. The third kappa shape index (κ3) is 3.58. The predicted octanol–water partition coefficient (Wildman–Crippen LogP) is 1.83. The maximum Gasteiger partial charge on any atom is 0.264 e. The van der Waals surface area contributed by atoms with Crippen molar-refractivity contribution in [2.45, 2.75) is 31.9 Å². The summed E-state index contributed by atoms with van der Waals surface area (Å²) < 4.78 is 0.951. The standard InChI is InChI=1S/C14H17BrN2O3/c1-14(2,8-18)16-13(19)12-7-11(17-20-12)9-4-3-5-10(15)6-9/h3-6,12,18H,7-8H2,1-2H3,(H,16,19)/t12-/m0/s1. The van der Waals surface area contributed by atoms with Gasteiger partial charge in [-0.15, -0.1) is 0 Å². The van der Waals surface area contributed by atoms with E-state index in [1.54, 1.807) is 13.8 Å². The van der Waals surface area contributed by atoms with Crippen LogP contribution in [0.4, 0.5) is 0 Å². The minimum atomic E-state index is -0.668. The average Bonchev–Trinajstić information content (AvgIpc) is 2.88. The van der Waals surface area contributed by atoms with Crippen LogP contribution in [0, 0.1) is 0 Å². The second kappa shape index (κ2) is 5.93. The van der Waals surface area contributed by atoms with Gasteiger partial charge in [0.1, 0.15) is 0 Å². The van der Waals surface area contributed by atoms with E-state index in [0.29, 0.717) is 6.42 Å². The molecule has 0 saturated heterocycles. The van der Waals surface area contributed by atoms with Crippen LogP contribution in [-0.4, -0.2) is 35.0 Å². The molecule has 20 heavy (non-hydrogen) atoms. The molecule has 2 N–H and O–H groups in total. The number of nitrogens with zero attached hydrogens (tertiary/aromatic N) is 1. The summed E-state index contributed by atoms with van der Waals surface area (Å²) in [5.74, 6) is -0.266. The van der Waals surface area contributed by atoms with Crippen LogP contribution in [0.1, 0.15) is 25.8 Å². The largest absolute Gasteiger partial charge is 0.394 e. The first-order valence-electron chi connectivity index (χ1n) is 6.33. The van der Waals surface area contributed by atoms with E-state index in [9.17, 15) is 4.79 Å². The number of rotatable bonds is 4. The first-order valence-corrected chi connectivity index (χ1v) is 7.12. The highest BCUT2D eigenvalue weighted by atomic mass is 79.9. The van der Waals surface area contributed by atoms with E-state index in [1.807, 2.05) is 24.3 Å². The van der Waals surface area contributed by atoms with Gasteiger partial charge in [0, 0.05) is 16.5 Å². The molecular weight excluding hydrogens is 324 g/mol. The first kappa shape index (κ1) is 15.0. The van der Waals surface area contributed by atoms with Gasteiger partial charge in [0.2, 0.25) is 6.10 Å². The van der Waals surface area contributed by atoms with Crippen LogP contribution in [-0.2, 0) is 9.63 Å². The van der Waals surface area contributed by atoms with Gasteiger partial charge < -0.3 is 15.3 Å². The molecule has 1 atom stereocenters. The Hall–Kier alpha value is -1.40. The Kier molecular flexibility index (Phi) is 4.45. The van der Waals surface area contributed by atoms with Crippen molar-refractivity contribution in [3.8, 4) is 0 Å². The van der Waals surface area contributed by atoms with Gasteiger partial charge in [-0.2, -0.15) is 0 Å².